The molecule has 2 rings (SSSR count). The normalized spacial score (nSPS) is 28.1. The van der Waals surface area contributed by atoms with E-state index in [1.165, 1.54) is 0 Å². The zero-order valence-corrected chi connectivity index (χ0v) is 11.6. The number of hydrogen-bond acceptors (Lipinski definition) is 4. The maximum Gasteiger partial charge on any atom is 0.239 e. The van der Waals surface area contributed by atoms with Crippen molar-refractivity contribution in [1.82, 2.24) is 15.5 Å². The molecule has 3 atom stereocenters. The van der Waals surface area contributed by atoms with Crippen molar-refractivity contribution in [2.75, 3.05) is 33.4 Å². The summed E-state index contributed by atoms with van der Waals surface area (Å²) in [6.45, 7) is 4.14. The Bertz CT molecular complexity index is 348. The number of carbonyl (C=O) groups excluding carboxylic acids is 2. The minimum absolute atomic E-state index is 0.0318. The van der Waals surface area contributed by atoms with Crippen LogP contribution in [0.5, 0.6) is 0 Å². The summed E-state index contributed by atoms with van der Waals surface area (Å²) in [4.78, 5) is 25.7. The highest BCUT2D eigenvalue weighted by Gasteiger charge is 2.41. The van der Waals surface area contributed by atoms with E-state index in [1.807, 2.05) is 6.92 Å². The highest BCUT2D eigenvalue weighted by atomic mass is 16.5. The van der Waals surface area contributed by atoms with E-state index in [0.29, 0.717) is 13.2 Å². The Hall–Kier alpha value is -1.14. The topological polar surface area (TPSA) is 70.7 Å². The smallest absolute Gasteiger partial charge is 0.239 e. The summed E-state index contributed by atoms with van der Waals surface area (Å²) in [5, 5.41) is 6.19. The molecule has 19 heavy (non-hydrogen) atoms. The summed E-state index contributed by atoms with van der Waals surface area (Å²) in [7, 11) is 1.60. The van der Waals surface area contributed by atoms with E-state index >= 15 is 0 Å². The zero-order chi connectivity index (χ0) is 13.8. The van der Waals surface area contributed by atoms with Crippen LogP contribution in [0, 0.1) is 5.92 Å². The number of likely N-dealkylation sites (tertiary alicyclic amines) is 1. The number of carbonyl (C=O) groups is 2. The lowest BCUT2D eigenvalue weighted by Crippen LogP contribution is -2.43. The van der Waals surface area contributed by atoms with E-state index in [9.17, 15) is 9.59 Å². The number of fused-ring (bicyclic) bond motifs is 1. The van der Waals surface area contributed by atoms with Gasteiger partial charge in [-0.1, -0.05) is 0 Å². The fourth-order valence-corrected chi connectivity index (χ4v) is 2.93. The molecule has 0 saturated carbocycles. The average Bonchev–Trinajstić information content (AvgIpc) is 2.67. The molecular weight excluding hydrogens is 246 g/mol. The van der Waals surface area contributed by atoms with Crippen molar-refractivity contribution >= 4 is 11.8 Å². The van der Waals surface area contributed by atoms with E-state index < -0.39 is 0 Å². The molecule has 108 valence electrons. The van der Waals surface area contributed by atoms with Crippen LogP contribution in [0.4, 0.5) is 0 Å². The first-order chi connectivity index (χ1) is 9.11. The Labute approximate surface area is 113 Å². The molecule has 2 amide bonds. The molecular formula is C13H23N3O3. The monoisotopic (exact) mass is 269 g/mol. The van der Waals surface area contributed by atoms with E-state index in [1.54, 1.807) is 12.0 Å². The third kappa shape index (κ3) is 3.45. The first kappa shape index (κ1) is 14.3. The predicted octanol–water partition coefficient (Wildman–Crippen LogP) is -0.652. The third-order valence-corrected chi connectivity index (χ3v) is 3.79. The van der Waals surface area contributed by atoms with Gasteiger partial charge in [0.05, 0.1) is 19.1 Å². The summed E-state index contributed by atoms with van der Waals surface area (Å²) >= 11 is 0. The number of hydrogen-bond donors (Lipinski definition) is 2. The lowest BCUT2D eigenvalue weighted by molar-refractivity contribution is -0.135. The molecule has 0 aromatic carbocycles. The van der Waals surface area contributed by atoms with Gasteiger partial charge in [0.1, 0.15) is 0 Å². The van der Waals surface area contributed by atoms with Crippen LogP contribution in [0.1, 0.15) is 19.8 Å². The van der Waals surface area contributed by atoms with Gasteiger partial charge >= 0.3 is 0 Å². The van der Waals surface area contributed by atoms with Crippen LogP contribution in [0.25, 0.3) is 0 Å². The second-order valence-corrected chi connectivity index (χ2v) is 5.45. The highest BCUT2D eigenvalue weighted by molar-refractivity contribution is 5.88. The van der Waals surface area contributed by atoms with Crippen molar-refractivity contribution in [2.45, 2.75) is 31.8 Å². The van der Waals surface area contributed by atoms with Crippen LogP contribution in [-0.4, -0.2) is 62.1 Å². The Morgan fingerprint density at radius 2 is 2.42 bits per heavy atom. The van der Waals surface area contributed by atoms with Crippen molar-refractivity contribution in [3.63, 3.8) is 0 Å². The molecule has 6 nitrogen and oxygen atoms in total. The van der Waals surface area contributed by atoms with E-state index in [2.05, 4.69) is 10.6 Å². The van der Waals surface area contributed by atoms with Gasteiger partial charge < -0.3 is 20.3 Å². The molecule has 2 aliphatic heterocycles. The Morgan fingerprint density at radius 1 is 1.63 bits per heavy atom. The molecule has 2 saturated heterocycles. The molecule has 0 spiro atoms. The van der Waals surface area contributed by atoms with E-state index in [0.717, 1.165) is 19.4 Å². The van der Waals surface area contributed by atoms with Crippen molar-refractivity contribution in [1.29, 1.82) is 0 Å². The van der Waals surface area contributed by atoms with Gasteiger partial charge in [0.2, 0.25) is 11.8 Å². The summed E-state index contributed by atoms with van der Waals surface area (Å²) < 4.78 is 4.97. The lowest BCUT2D eigenvalue weighted by Gasteiger charge is -2.23. The second-order valence-electron chi connectivity index (χ2n) is 5.45. The molecule has 2 aliphatic rings. The van der Waals surface area contributed by atoms with Gasteiger partial charge in [0.15, 0.2) is 0 Å². The number of methoxy groups -OCH3 is 1. The predicted molar refractivity (Wildman–Crippen MR) is 70.6 cm³/mol. The van der Waals surface area contributed by atoms with Gasteiger partial charge in [-0.25, -0.2) is 0 Å². The second kappa shape index (κ2) is 6.34. The summed E-state index contributed by atoms with van der Waals surface area (Å²) in [5.74, 6) is 0.0706. The average molecular weight is 269 g/mol. The molecule has 2 heterocycles. The first-order valence-corrected chi connectivity index (χ1v) is 6.92. The number of rotatable bonds is 5. The Kier molecular flexibility index (Phi) is 4.76. The summed E-state index contributed by atoms with van der Waals surface area (Å²) in [5.41, 5.74) is 0. The zero-order valence-electron chi connectivity index (χ0n) is 11.6. The summed E-state index contributed by atoms with van der Waals surface area (Å²) in [6.07, 6.45) is 1.98. The molecule has 2 fully saturated rings. The molecule has 0 radical (unpaired) electrons. The van der Waals surface area contributed by atoms with E-state index in [-0.39, 0.29) is 36.4 Å². The molecule has 3 unspecified atom stereocenters. The number of ether oxygens (including phenoxy) is 1. The molecule has 0 aromatic heterocycles. The first-order valence-electron chi connectivity index (χ1n) is 6.92. The van der Waals surface area contributed by atoms with Gasteiger partial charge in [-0.3, -0.25) is 9.59 Å². The minimum Gasteiger partial charge on any atom is -0.383 e. The number of nitrogens with one attached hydrogen (secondary N) is 2. The van der Waals surface area contributed by atoms with Crippen LogP contribution in [0.3, 0.4) is 0 Å². The number of nitrogens with zero attached hydrogens (tertiary/aromatic N) is 1. The van der Waals surface area contributed by atoms with Crippen LogP contribution in [0.2, 0.25) is 0 Å². The fourth-order valence-electron chi connectivity index (χ4n) is 2.93. The molecule has 0 aliphatic carbocycles. The third-order valence-electron chi connectivity index (χ3n) is 3.79. The van der Waals surface area contributed by atoms with Crippen molar-refractivity contribution < 1.29 is 14.3 Å². The number of amides is 2. The molecule has 2 N–H and O–H groups in total. The van der Waals surface area contributed by atoms with Crippen LogP contribution in [0.15, 0.2) is 0 Å². The number of piperidine rings is 1. The van der Waals surface area contributed by atoms with Gasteiger partial charge in [-0.2, -0.15) is 0 Å². The van der Waals surface area contributed by atoms with Crippen molar-refractivity contribution in [3.8, 4) is 0 Å². The van der Waals surface area contributed by atoms with Crippen LogP contribution < -0.4 is 10.6 Å². The van der Waals surface area contributed by atoms with E-state index in [4.69, 9.17) is 4.74 Å². The quantitative estimate of drug-likeness (QED) is 0.696. The molecule has 0 aromatic rings. The SMILES string of the molecule is COCC(C)NC(=O)CN1CC2NCCCC2C1=O. The van der Waals surface area contributed by atoms with Crippen molar-refractivity contribution in [2.24, 2.45) is 5.92 Å². The minimum atomic E-state index is -0.114. The fraction of sp³-hybridized carbons (Fsp3) is 0.846. The standard InChI is InChI=1S/C13H23N3O3/c1-9(8-19-2)15-12(17)7-16-6-11-10(13(16)18)4-3-5-14-11/h9-11,14H,3-8H2,1-2H3,(H,15,17). The van der Waals surface area contributed by atoms with Gasteiger partial charge in [-0.15, -0.1) is 0 Å². The highest BCUT2D eigenvalue weighted by Crippen LogP contribution is 2.25. The Morgan fingerprint density at radius 3 is 3.11 bits per heavy atom. The van der Waals surface area contributed by atoms with Crippen LogP contribution >= 0.6 is 0 Å². The van der Waals surface area contributed by atoms with Gasteiger partial charge in [0, 0.05) is 25.7 Å². The maximum atomic E-state index is 12.2. The maximum absolute atomic E-state index is 12.2. The largest absolute Gasteiger partial charge is 0.383 e. The summed E-state index contributed by atoms with van der Waals surface area (Å²) in [6, 6.07) is 0.195. The van der Waals surface area contributed by atoms with Gasteiger partial charge in [-0.05, 0) is 26.3 Å². The van der Waals surface area contributed by atoms with Gasteiger partial charge in [0.25, 0.3) is 0 Å². The lowest BCUT2D eigenvalue weighted by atomic mass is 9.94. The van der Waals surface area contributed by atoms with Crippen LogP contribution in [-0.2, 0) is 14.3 Å². The molecule has 6 heteroatoms. The molecule has 0 bridgehead atoms. The Balaban J connectivity index is 1.82. The van der Waals surface area contributed by atoms with Crippen molar-refractivity contribution in [3.05, 3.63) is 0 Å².